The minimum atomic E-state index is -0.298. The number of aromatic nitrogens is 1. The zero-order valence-corrected chi connectivity index (χ0v) is 15.0. The maximum absolute atomic E-state index is 12.6. The number of rotatable bonds is 4. The second-order valence-electron chi connectivity index (χ2n) is 7.04. The Morgan fingerprint density at radius 2 is 1.96 bits per heavy atom. The summed E-state index contributed by atoms with van der Waals surface area (Å²) in [4.78, 5) is 44.1. The molecule has 0 radical (unpaired) electrons. The average Bonchev–Trinajstić information content (AvgIpc) is 3.09. The molecule has 2 fully saturated rings. The number of hydrogen-bond acceptors (Lipinski definition) is 5. The van der Waals surface area contributed by atoms with E-state index in [2.05, 4.69) is 10.3 Å². The van der Waals surface area contributed by atoms with Crippen LogP contribution in [0.4, 0.5) is 0 Å². The van der Waals surface area contributed by atoms with Crippen molar-refractivity contribution in [3.63, 3.8) is 0 Å². The normalized spacial score (nSPS) is 21.0. The molecule has 3 amide bonds. The maximum atomic E-state index is 12.6. The van der Waals surface area contributed by atoms with Gasteiger partial charge in [-0.1, -0.05) is 13.8 Å². The number of likely N-dealkylation sites (tertiary alicyclic amines) is 2. The lowest BCUT2D eigenvalue weighted by Gasteiger charge is -2.43. The number of carbonyl (C=O) groups excluding carboxylic acids is 3. The zero-order valence-electron chi connectivity index (χ0n) is 15.0. The van der Waals surface area contributed by atoms with E-state index in [1.165, 1.54) is 0 Å². The molecular formula is C17H24N4O4. The summed E-state index contributed by atoms with van der Waals surface area (Å²) in [5.74, 6) is 0.601. The lowest BCUT2D eigenvalue weighted by atomic mass is 10.1. The Morgan fingerprint density at radius 1 is 1.28 bits per heavy atom. The van der Waals surface area contributed by atoms with Crippen LogP contribution in [0.2, 0.25) is 0 Å². The van der Waals surface area contributed by atoms with Gasteiger partial charge >= 0.3 is 0 Å². The molecule has 0 aromatic carbocycles. The molecule has 1 unspecified atom stereocenters. The smallest absolute Gasteiger partial charge is 0.276 e. The highest BCUT2D eigenvalue weighted by Gasteiger charge is 2.44. The van der Waals surface area contributed by atoms with Crippen LogP contribution in [-0.2, 0) is 9.59 Å². The van der Waals surface area contributed by atoms with Crippen LogP contribution in [0.15, 0.2) is 4.42 Å². The van der Waals surface area contributed by atoms with Crippen molar-refractivity contribution < 1.29 is 18.8 Å². The van der Waals surface area contributed by atoms with Gasteiger partial charge in [0.05, 0.1) is 12.0 Å². The van der Waals surface area contributed by atoms with Gasteiger partial charge in [0.1, 0.15) is 5.76 Å². The van der Waals surface area contributed by atoms with Gasteiger partial charge in [0.25, 0.3) is 5.91 Å². The van der Waals surface area contributed by atoms with Gasteiger partial charge in [0, 0.05) is 39.0 Å². The van der Waals surface area contributed by atoms with Crippen LogP contribution < -0.4 is 5.32 Å². The summed E-state index contributed by atoms with van der Waals surface area (Å²) in [6, 6.07) is -0.0251. The predicted octanol–water partition coefficient (Wildman–Crippen LogP) is 0.525. The molecule has 1 aromatic rings. The topological polar surface area (TPSA) is 95.8 Å². The fraction of sp³-hybridized carbons (Fsp3) is 0.647. The van der Waals surface area contributed by atoms with Crippen molar-refractivity contribution in [2.75, 3.05) is 26.7 Å². The third kappa shape index (κ3) is 3.12. The predicted molar refractivity (Wildman–Crippen MR) is 88.9 cm³/mol. The van der Waals surface area contributed by atoms with Gasteiger partial charge in [-0.15, -0.1) is 0 Å². The van der Waals surface area contributed by atoms with Gasteiger partial charge in [-0.3, -0.25) is 14.4 Å². The fourth-order valence-corrected chi connectivity index (χ4v) is 3.29. The van der Waals surface area contributed by atoms with E-state index >= 15 is 0 Å². The van der Waals surface area contributed by atoms with Crippen molar-refractivity contribution >= 4 is 17.7 Å². The van der Waals surface area contributed by atoms with Crippen molar-refractivity contribution in [2.45, 2.75) is 39.2 Å². The minimum absolute atomic E-state index is 0.0228. The molecule has 0 saturated carbocycles. The van der Waals surface area contributed by atoms with E-state index in [0.29, 0.717) is 37.0 Å². The van der Waals surface area contributed by atoms with E-state index in [1.54, 1.807) is 23.8 Å². The van der Waals surface area contributed by atoms with Crippen LogP contribution in [0.5, 0.6) is 0 Å². The highest BCUT2D eigenvalue weighted by molar-refractivity contribution is 5.94. The number of nitrogens with zero attached hydrogens (tertiary/aromatic N) is 3. The van der Waals surface area contributed by atoms with Crippen LogP contribution in [0.3, 0.4) is 0 Å². The number of carbonyl (C=O) groups is 3. The number of aryl methyl sites for hydroxylation is 1. The van der Waals surface area contributed by atoms with E-state index < -0.39 is 0 Å². The molecule has 2 aliphatic rings. The molecule has 8 heteroatoms. The molecule has 2 aliphatic heterocycles. The van der Waals surface area contributed by atoms with Crippen molar-refractivity contribution in [3.8, 4) is 0 Å². The first-order valence-electron chi connectivity index (χ1n) is 8.59. The Bertz CT molecular complexity index is 706. The molecule has 1 N–H and O–H groups in total. The number of hydrogen-bond donors (Lipinski definition) is 1. The average molecular weight is 348 g/mol. The highest BCUT2D eigenvalue weighted by Crippen LogP contribution is 2.27. The molecular weight excluding hydrogens is 324 g/mol. The van der Waals surface area contributed by atoms with Crippen molar-refractivity contribution in [2.24, 2.45) is 5.92 Å². The van der Waals surface area contributed by atoms with Gasteiger partial charge in [-0.25, -0.2) is 4.98 Å². The summed E-state index contributed by atoms with van der Waals surface area (Å²) < 4.78 is 5.54. The summed E-state index contributed by atoms with van der Waals surface area (Å²) in [5.41, 5.74) is 0.345. The zero-order chi connectivity index (χ0) is 18.3. The van der Waals surface area contributed by atoms with Gasteiger partial charge in [-0.2, -0.15) is 0 Å². The van der Waals surface area contributed by atoms with E-state index in [0.717, 1.165) is 0 Å². The fourth-order valence-electron chi connectivity index (χ4n) is 3.29. The van der Waals surface area contributed by atoms with Gasteiger partial charge in [0.2, 0.25) is 11.8 Å². The van der Waals surface area contributed by atoms with E-state index in [4.69, 9.17) is 4.42 Å². The number of nitrogens with one attached hydrogen (secondary N) is 1. The Labute approximate surface area is 146 Å². The van der Waals surface area contributed by atoms with E-state index in [-0.39, 0.29) is 42.0 Å². The SMILES string of the molecule is CNC(=O)C1CC(=O)N(C2CN(C(=O)c3nc(C(C)C)oc3C)C2)C1. The van der Waals surface area contributed by atoms with Crippen LogP contribution in [-0.4, -0.2) is 65.2 Å². The third-order valence-electron chi connectivity index (χ3n) is 4.88. The molecule has 1 aromatic heterocycles. The van der Waals surface area contributed by atoms with Crippen molar-refractivity contribution in [3.05, 3.63) is 17.3 Å². The van der Waals surface area contributed by atoms with Crippen molar-refractivity contribution in [1.29, 1.82) is 0 Å². The van der Waals surface area contributed by atoms with Crippen LogP contribution in [0.1, 0.15) is 48.3 Å². The summed E-state index contributed by atoms with van der Waals surface area (Å²) in [7, 11) is 1.57. The van der Waals surface area contributed by atoms with Crippen LogP contribution in [0, 0.1) is 12.8 Å². The summed E-state index contributed by atoms with van der Waals surface area (Å²) in [6.45, 7) is 7.01. The Hall–Kier alpha value is -2.38. The first-order chi connectivity index (χ1) is 11.8. The molecule has 3 heterocycles. The quantitative estimate of drug-likeness (QED) is 0.856. The second kappa shape index (κ2) is 6.50. The Balaban J connectivity index is 1.60. The molecule has 0 aliphatic carbocycles. The monoisotopic (exact) mass is 348 g/mol. The molecule has 2 saturated heterocycles. The summed E-state index contributed by atoms with van der Waals surface area (Å²) in [6.07, 6.45) is 0.240. The van der Waals surface area contributed by atoms with Gasteiger partial charge < -0.3 is 19.5 Å². The van der Waals surface area contributed by atoms with Crippen molar-refractivity contribution in [1.82, 2.24) is 20.1 Å². The van der Waals surface area contributed by atoms with Crippen LogP contribution >= 0.6 is 0 Å². The molecule has 0 bridgehead atoms. The molecule has 25 heavy (non-hydrogen) atoms. The lowest BCUT2D eigenvalue weighted by molar-refractivity contribution is -0.132. The Morgan fingerprint density at radius 3 is 2.52 bits per heavy atom. The van der Waals surface area contributed by atoms with E-state index in [9.17, 15) is 14.4 Å². The third-order valence-corrected chi connectivity index (χ3v) is 4.88. The van der Waals surface area contributed by atoms with E-state index in [1.807, 2.05) is 13.8 Å². The Kier molecular flexibility index (Phi) is 4.53. The first kappa shape index (κ1) is 17.4. The minimum Gasteiger partial charge on any atom is -0.445 e. The molecule has 1 atom stereocenters. The molecule has 0 spiro atoms. The highest BCUT2D eigenvalue weighted by atomic mass is 16.4. The number of oxazole rings is 1. The summed E-state index contributed by atoms with van der Waals surface area (Å²) in [5, 5.41) is 2.59. The number of amides is 3. The standard InChI is InChI=1S/C17H24N4O4/c1-9(2)16-19-14(10(3)25-16)17(24)20-7-12(8-20)21-6-11(5-13(21)22)15(23)18-4/h9,11-12H,5-8H2,1-4H3,(H,18,23). The largest absolute Gasteiger partial charge is 0.445 e. The summed E-state index contributed by atoms with van der Waals surface area (Å²) >= 11 is 0. The molecule has 8 nitrogen and oxygen atoms in total. The van der Waals surface area contributed by atoms with Gasteiger partial charge in [-0.05, 0) is 6.92 Å². The van der Waals surface area contributed by atoms with Crippen LogP contribution in [0.25, 0.3) is 0 Å². The molecule has 136 valence electrons. The maximum Gasteiger partial charge on any atom is 0.276 e. The first-order valence-corrected chi connectivity index (χ1v) is 8.59. The second-order valence-corrected chi connectivity index (χ2v) is 7.04. The molecule has 3 rings (SSSR count). The van der Waals surface area contributed by atoms with Gasteiger partial charge in [0.15, 0.2) is 11.6 Å². The lowest BCUT2D eigenvalue weighted by Crippen LogP contribution is -2.61.